The van der Waals surface area contributed by atoms with Crippen molar-refractivity contribution >= 4 is 0 Å². The molecule has 0 saturated heterocycles. The van der Waals surface area contributed by atoms with E-state index in [9.17, 15) is 5.11 Å². The molecule has 16 heavy (non-hydrogen) atoms. The molecule has 2 N–H and O–H groups in total. The largest absolute Gasteiger partial charge is 0.394 e. The van der Waals surface area contributed by atoms with Gasteiger partial charge in [-0.05, 0) is 49.8 Å². The van der Waals surface area contributed by atoms with E-state index in [1.807, 2.05) is 0 Å². The molecule has 2 nitrogen and oxygen atoms in total. The van der Waals surface area contributed by atoms with Crippen LogP contribution in [0.4, 0.5) is 0 Å². The zero-order chi connectivity index (χ0) is 11.6. The lowest BCUT2D eigenvalue weighted by atomic mass is 9.77. The second-order valence-electron chi connectivity index (χ2n) is 5.00. The molecule has 1 fully saturated rings. The summed E-state index contributed by atoms with van der Waals surface area (Å²) < 4.78 is 0. The van der Waals surface area contributed by atoms with E-state index in [0.29, 0.717) is 0 Å². The number of benzene rings is 1. The van der Waals surface area contributed by atoms with E-state index in [4.69, 9.17) is 0 Å². The number of hydrogen-bond acceptors (Lipinski definition) is 2. The Morgan fingerprint density at radius 3 is 2.62 bits per heavy atom. The van der Waals surface area contributed by atoms with Gasteiger partial charge in [0.25, 0.3) is 0 Å². The molecule has 1 aliphatic carbocycles. The van der Waals surface area contributed by atoms with Crippen molar-refractivity contribution in [2.45, 2.75) is 45.2 Å². The third-order valence-corrected chi connectivity index (χ3v) is 3.98. The quantitative estimate of drug-likeness (QED) is 0.814. The van der Waals surface area contributed by atoms with Crippen molar-refractivity contribution in [2.24, 2.45) is 0 Å². The molecule has 0 unspecified atom stereocenters. The molecular weight excluding hydrogens is 198 g/mol. The SMILES string of the molecule is Cc1cccc(CNC2(CO)CCC2)c1C. The second-order valence-corrected chi connectivity index (χ2v) is 5.00. The van der Waals surface area contributed by atoms with E-state index in [1.165, 1.54) is 23.1 Å². The number of hydrogen-bond donors (Lipinski definition) is 2. The van der Waals surface area contributed by atoms with Crippen LogP contribution in [0.5, 0.6) is 0 Å². The van der Waals surface area contributed by atoms with Gasteiger partial charge in [0.1, 0.15) is 0 Å². The van der Waals surface area contributed by atoms with Crippen LogP contribution in [0.1, 0.15) is 36.0 Å². The van der Waals surface area contributed by atoms with E-state index in [-0.39, 0.29) is 12.1 Å². The summed E-state index contributed by atoms with van der Waals surface area (Å²) in [5.41, 5.74) is 4.06. The van der Waals surface area contributed by atoms with E-state index < -0.39 is 0 Å². The predicted molar refractivity (Wildman–Crippen MR) is 66.4 cm³/mol. The maximum atomic E-state index is 9.38. The molecule has 0 radical (unpaired) electrons. The monoisotopic (exact) mass is 219 g/mol. The van der Waals surface area contributed by atoms with Crippen molar-refractivity contribution in [3.63, 3.8) is 0 Å². The molecule has 1 aromatic rings. The van der Waals surface area contributed by atoms with Crippen LogP contribution in [0, 0.1) is 13.8 Å². The average molecular weight is 219 g/mol. The Kier molecular flexibility index (Phi) is 3.31. The van der Waals surface area contributed by atoms with Gasteiger partial charge >= 0.3 is 0 Å². The number of nitrogens with one attached hydrogen (secondary N) is 1. The van der Waals surface area contributed by atoms with Crippen molar-refractivity contribution < 1.29 is 5.11 Å². The minimum atomic E-state index is 0.0101. The minimum absolute atomic E-state index is 0.0101. The summed E-state index contributed by atoms with van der Waals surface area (Å²) in [5, 5.41) is 12.9. The normalized spacial score (nSPS) is 18.2. The minimum Gasteiger partial charge on any atom is -0.394 e. The summed E-state index contributed by atoms with van der Waals surface area (Å²) in [5.74, 6) is 0. The van der Waals surface area contributed by atoms with Crippen LogP contribution in [0.25, 0.3) is 0 Å². The van der Waals surface area contributed by atoms with Gasteiger partial charge in [0, 0.05) is 12.1 Å². The fourth-order valence-electron chi connectivity index (χ4n) is 2.28. The molecule has 88 valence electrons. The van der Waals surface area contributed by atoms with Gasteiger partial charge in [-0.2, -0.15) is 0 Å². The third kappa shape index (κ3) is 2.13. The molecule has 0 aliphatic heterocycles. The summed E-state index contributed by atoms with van der Waals surface area (Å²) in [7, 11) is 0. The van der Waals surface area contributed by atoms with Crippen LogP contribution in [-0.2, 0) is 6.54 Å². The Labute approximate surface area is 97.7 Å². The van der Waals surface area contributed by atoms with Gasteiger partial charge in [0.2, 0.25) is 0 Å². The zero-order valence-corrected chi connectivity index (χ0v) is 10.2. The predicted octanol–water partition coefficient (Wildman–Crippen LogP) is 2.31. The van der Waals surface area contributed by atoms with Gasteiger partial charge < -0.3 is 10.4 Å². The Morgan fingerprint density at radius 2 is 2.06 bits per heavy atom. The maximum absolute atomic E-state index is 9.38. The summed E-state index contributed by atoms with van der Waals surface area (Å²) in [4.78, 5) is 0. The van der Waals surface area contributed by atoms with Gasteiger partial charge in [-0.1, -0.05) is 18.2 Å². The van der Waals surface area contributed by atoms with Gasteiger partial charge in [-0.15, -0.1) is 0 Å². The van der Waals surface area contributed by atoms with E-state index in [0.717, 1.165) is 19.4 Å². The third-order valence-electron chi connectivity index (χ3n) is 3.98. The van der Waals surface area contributed by atoms with E-state index in [2.05, 4.69) is 37.4 Å². The Balaban J connectivity index is 2.02. The van der Waals surface area contributed by atoms with Gasteiger partial charge in [-0.3, -0.25) is 0 Å². The molecule has 0 bridgehead atoms. The first-order chi connectivity index (χ1) is 7.67. The first-order valence-corrected chi connectivity index (χ1v) is 6.08. The first-order valence-electron chi connectivity index (χ1n) is 6.08. The number of aliphatic hydroxyl groups excluding tert-OH is 1. The Morgan fingerprint density at radius 1 is 1.31 bits per heavy atom. The smallest absolute Gasteiger partial charge is 0.0613 e. The lowest BCUT2D eigenvalue weighted by Crippen LogP contribution is -2.53. The van der Waals surface area contributed by atoms with E-state index >= 15 is 0 Å². The van der Waals surface area contributed by atoms with Crippen LogP contribution < -0.4 is 5.32 Å². The molecule has 0 heterocycles. The average Bonchev–Trinajstić information content (AvgIpc) is 2.23. The lowest BCUT2D eigenvalue weighted by molar-refractivity contribution is 0.0871. The molecule has 2 heteroatoms. The fraction of sp³-hybridized carbons (Fsp3) is 0.571. The summed E-state index contributed by atoms with van der Waals surface area (Å²) in [6.45, 7) is 5.44. The molecule has 1 aliphatic rings. The Bertz CT molecular complexity index is 363. The molecular formula is C14H21NO. The molecule has 2 rings (SSSR count). The van der Waals surface area contributed by atoms with Crippen molar-refractivity contribution in [1.29, 1.82) is 0 Å². The summed E-state index contributed by atoms with van der Waals surface area (Å²) >= 11 is 0. The van der Waals surface area contributed by atoms with Gasteiger partial charge in [0.05, 0.1) is 6.61 Å². The van der Waals surface area contributed by atoms with Gasteiger partial charge in [0.15, 0.2) is 0 Å². The fourth-order valence-corrected chi connectivity index (χ4v) is 2.28. The van der Waals surface area contributed by atoms with Crippen LogP contribution >= 0.6 is 0 Å². The van der Waals surface area contributed by atoms with Crippen LogP contribution in [0.2, 0.25) is 0 Å². The molecule has 0 atom stereocenters. The highest BCUT2D eigenvalue weighted by Gasteiger charge is 2.35. The standard InChI is InChI=1S/C14H21NO/c1-11-5-3-6-13(12(11)2)9-15-14(10-16)7-4-8-14/h3,5-6,15-16H,4,7-10H2,1-2H3. The van der Waals surface area contributed by atoms with E-state index in [1.54, 1.807) is 0 Å². The highest BCUT2D eigenvalue weighted by Crippen LogP contribution is 2.31. The topological polar surface area (TPSA) is 32.3 Å². The Hall–Kier alpha value is -0.860. The number of aryl methyl sites for hydroxylation is 1. The van der Waals surface area contributed by atoms with Crippen molar-refractivity contribution in [1.82, 2.24) is 5.32 Å². The number of rotatable bonds is 4. The van der Waals surface area contributed by atoms with Crippen molar-refractivity contribution in [2.75, 3.05) is 6.61 Å². The van der Waals surface area contributed by atoms with Gasteiger partial charge in [-0.25, -0.2) is 0 Å². The summed E-state index contributed by atoms with van der Waals surface area (Å²) in [6.07, 6.45) is 3.45. The molecule has 1 saturated carbocycles. The van der Waals surface area contributed by atoms with Crippen LogP contribution in [0.3, 0.4) is 0 Å². The second kappa shape index (κ2) is 4.56. The lowest BCUT2D eigenvalue weighted by Gasteiger charge is -2.41. The van der Waals surface area contributed by atoms with Crippen molar-refractivity contribution in [3.05, 3.63) is 34.9 Å². The highest BCUT2D eigenvalue weighted by atomic mass is 16.3. The van der Waals surface area contributed by atoms with Crippen LogP contribution in [-0.4, -0.2) is 17.3 Å². The first kappa shape index (κ1) is 11.6. The molecule has 0 amide bonds. The summed E-state index contributed by atoms with van der Waals surface area (Å²) in [6, 6.07) is 6.41. The molecule has 0 aromatic heterocycles. The molecule has 1 aromatic carbocycles. The maximum Gasteiger partial charge on any atom is 0.0613 e. The molecule has 0 spiro atoms. The van der Waals surface area contributed by atoms with Crippen LogP contribution in [0.15, 0.2) is 18.2 Å². The van der Waals surface area contributed by atoms with Crippen molar-refractivity contribution in [3.8, 4) is 0 Å². The highest BCUT2D eigenvalue weighted by molar-refractivity contribution is 5.33. The zero-order valence-electron chi connectivity index (χ0n) is 10.2. The number of aliphatic hydroxyl groups is 1.